The number of urea groups is 1. The van der Waals surface area contributed by atoms with E-state index in [4.69, 9.17) is 23.2 Å². The first-order chi connectivity index (χ1) is 14.3. The Labute approximate surface area is 182 Å². The Morgan fingerprint density at radius 3 is 2.47 bits per heavy atom. The quantitative estimate of drug-likeness (QED) is 0.582. The molecule has 2 N–H and O–H groups in total. The van der Waals surface area contributed by atoms with Crippen molar-refractivity contribution in [1.82, 2.24) is 10.2 Å². The van der Waals surface area contributed by atoms with Gasteiger partial charge in [-0.3, -0.25) is 14.5 Å². The van der Waals surface area contributed by atoms with E-state index in [-0.39, 0.29) is 5.02 Å². The zero-order chi connectivity index (χ0) is 21.5. The van der Waals surface area contributed by atoms with Crippen LogP contribution in [0, 0.1) is 0 Å². The first kappa shape index (κ1) is 20.2. The largest absolute Gasteiger partial charge is 0.325 e. The van der Waals surface area contributed by atoms with Crippen LogP contribution < -0.4 is 10.6 Å². The number of fused-ring (bicyclic) bond motifs is 1. The molecule has 152 valence electrons. The first-order valence-electron chi connectivity index (χ1n) is 9.16. The molecule has 8 heteroatoms. The number of nitrogens with one attached hydrogen (secondary N) is 2. The van der Waals surface area contributed by atoms with Gasteiger partial charge in [-0.25, -0.2) is 4.79 Å². The van der Waals surface area contributed by atoms with Gasteiger partial charge in [-0.2, -0.15) is 0 Å². The molecular formula is C22H17Cl2N3O3. The van der Waals surface area contributed by atoms with Crippen LogP contribution in [0.25, 0.3) is 10.8 Å². The predicted octanol–water partition coefficient (Wildman–Crippen LogP) is 4.55. The van der Waals surface area contributed by atoms with Gasteiger partial charge in [0.2, 0.25) is 5.91 Å². The van der Waals surface area contributed by atoms with E-state index in [1.807, 2.05) is 36.4 Å². The lowest BCUT2D eigenvalue weighted by Gasteiger charge is -2.22. The highest BCUT2D eigenvalue weighted by Crippen LogP contribution is 2.31. The van der Waals surface area contributed by atoms with Crippen LogP contribution in [0.3, 0.4) is 0 Å². The van der Waals surface area contributed by atoms with E-state index >= 15 is 0 Å². The van der Waals surface area contributed by atoms with E-state index in [2.05, 4.69) is 10.6 Å². The van der Waals surface area contributed by atoms with Gasteiger partial charge in [0.05, 0.1) is 10.0 Å². The average molecular weight is 442 g/mol. The molecule has 0 aliphatic carbocycles. The summed E-state index contributed by atoms with van der Waals surface area (Å²) in [5, 5.41) is 7.95. The third-order valence-electron chi connectivity index (χ3n) is 5.11. The third-order valence-corrected chi connectivity index (χ3v) is 5.85. The third kappa shape index (κ3) is 3.60. The van der Waals surface area contributed by atoms with Gasteiger partial charge >= 0.3 is 6.03 Å². The topological polar surface area (TPSA) is 78.5 Å². The molecule has 0 bridgehead atoms. The van der Waals surface area contributed by atoms with Crippen LogP contribution in [-0.2, 0) is 15.1 Å². The Hall–Kier alpha value is -3.09. The van der Waals surface area contributed by atoms with Gasteiger partial charge in [-0.05, 0) is 47.5 Å². The summed E-state index contributed by atoms with van der Waals surface area (Å²) in [5.41, 5.74) is -0.198. The molecule has 0 unspecified atom stereocenters. The fourth-order valence-corrected chi connectivity index (χ4v) is 3.75. The van der Waals surface area contributed by atoms with Gasteiger partial charge in [0.25, 0.3) is 5.91 Å². The summed E-state index contributed by atoms with van der Waals surface area (Å²) in [6, 6.07) is 17.3. The summed E-state index contributed by atoms with van der Waals surface area (Å²) in [6.07, 6.45) is 0. The highest BCUT2D eigenvalue weighted by molar-refractivity contribution is 6.42. The summed E-state index contributed by atoms with van der Waals surface area (Å²) < 4.78 is 0. The lowest BCUT2D eigenvalue weighted by Crippen LogP contribution is -2.42. The van der Waals surface area contributed by atoms with Crippen LogP contribution in [0.15, 0.2) is 60.7 Å². The molecule has 1 aliphatic rings. The molecule has 0 spiro atoms. The SMILES string of the molecule is C[C@@]1(c2ccc3ccccc3c2)NC(=O)N(CC(=O)Nc2ccc(Cl)c(Cl)c2)C1=O. The number of carbonyl (C=O) groups excluding carboxylic acids is 3. The number of carbonyl (C=O) groups is 3. The maximum Gasteiger partial charge on any atom is 0.325 e. The summed E-state index contributed by atoms with van der Waals surface area (Å²) in [5.74, 6) is -1.02. The van der Waals surface area contributed by atoms with E-state index in [0.29, 0.717) is 16.3 Å². The van der Waals surface area contributed by atoms with Crippen LogP contribution in [0.2, 0.25) is 10.0 Å². The molecule has 1 saturated heterocycles. The van der Waals surface area contributed by atoms with E-state index in [1.165, 1.54) is 6.07 Å². The number of rotatable bonds is 4. The molecule has 4 amide bonds. The molecule has 1 heterocycles. The molecule has 4 rings (SSSR count). The Kier molecular flexibility index (Phi) is 5.13. The highest BCUT2D eigenvalue weighted by Gasteiger charge is 2.49. The summed E-state index contributed by atoms with van der Waals surface area (Å²) in [7, 11) is 0. The van der Waals surface area contributed by atoms with Gasteiger partial charge < -0.3 is 10.6 Å². The summed E-state index contributed by atoms with van der Waals surface area (Å²) in [6.45, 7) is 1.21. The highest BCUT2D eigenvalue weighted by atomic mass is 35.5. The molecule has 1 fully saturated rings. The van der Waals surface area contributed by atoms with Crippen molar-refractivity contribution in [2.24, 2.45) is 0 Å². The second kappa shape index (κ2) is 7.63. The number of benzene rings is 3. The van der Waals surface area contributed by atoms with Crippen molar-refractivity contribution in [2.45, 2.75) is 12.5 Å². The maximum absolute atomic E-state index is 13.1. The Morgan fingerprint density at radius 1 is 1.00 bits per heavy atom. The van der Waals surface area contributed by atoms with E-state index in [0.717, 1.165) is 15.7 Å². The fourth-order valence-electron chi connectivity index (χ4n) is 3.45. The Balaban J connectivity index is 1.53. The second-order valence-electron chi connectivity index (χ2n) is 7.19. The number of hydrogen-bond donors (Lipinski definition) is 2. The minimum absolute atomic E-state index is 0.285. The molecule has 1 atom stereocenters. The van der Waals surface area contributed by atoms with Crippen LogP contribution in [0.1, 0.15) is 12.5 Å². The van der Waals surface area contributed by atoms with Crippen molar-refractivity contribution >= 4 is 57.5 Å². The maximum atomic E-state index is 13.1. The van der Waals surface area contributed by atoms with Crippen molar-refractivity contribution < 1.29 is 14.4 Å². The van der Waals surface area contributed by atoms with Gasteiger partial charge in [-0.15, -0.1) is 0 Å². The van der Waals surface area contributed by atoms with Crippen molar-refractivity contribution in [3.63, 3.8) is 0 Å². The number of imide groups is 1. The molecule has 3 aromatic rings. The number of halogens is 2. The zero-order valence-corrected chi connectivity index (χ0v) is 17.4. The van der Waals surface area contributed by atoms with Crippen molar-refractivity contribution in [2.75, 3.05) is 11.9 Å². The molecule has 1 aliphatic heterocycles. The second-order valence-corrected chi connectivity index (χ2v) is 8.00. The molecule has 3 aromatic carbocycles. The minimum atomic E-state index is -1.26. The van der Waals surface area contributed by atoms with Gasteiger partial charge in [-0.1, -0.05) is 59.6 Å². The smallest absolute Gasteiger partial charge is 0.324 e. The van der Waals surface area contributed by atoms with Crippen LogP contribution in [0.5, 0.6) is 0 Å². The monoisotopic (exact) mass is 441 g/mol. The first-order valence-corrected chi connectivity index (χ1v) is 9.92. The van der Waals surface area contributed by atoms with Gasteiger partial charge in [0.15, 0.2) is 0 Å². The van der Waals surface area contributed by atoms with Crippen molar-refractivity contribution in [3.8, 4) is 0 Å². The molecule has 30 heavy (non-hydrogen) atoms. The molecule has 0 saturated carbocycles. The molecule has 6 nitrogen and oxygen atoms in total. The number of anilines is 1. The standard InChI is InChI=1S/C22H17Cl2N3O3/c1-22(15-7-6-13-4-2-3-5-14(13)10-15)20(29)27(21(30)26-22)12-19(28)25-16-8-9-17(23)18(24)11-16/h2-11H,12H2,1H3,(H,25,28)(H,26,30)/t22-/m0/s1. The van der Waals surface area contributed by atoms with Crippen LogP contribution >= 0.6 is 23.2 Å². The molecule has 0 radical (unpaired) electrons. The summed E-state index contributed by atoms with van der Waals surface area (Å²) >= 11 is 11.8. The number of nitrogens with zero attached hydrogens (tertiary/aromatic N) is 1. The molecular weight excluding hydrogens is 425 g/mol. The van der Waals surface area contributed by atoms with Crippen LogP contribution in [0.4, 0.5) is 10.5 Å². The summed E-state index contributed by atoms with van der Waals surface area (Å²) in [4.78, 5) is 38.9. The number of amides is 4. The Morgan fingerprint density at radius 2 is 1.73 bits per heavy atom. The fraction of sp³-hybridized carbons (Fsp3) is 0.136. The van der Waals surface area contributed by atoms with E-state index < -0.39 is 29.9 Å². The lowest BCUT2D eigenvalue weighted by atomic mass is 9.90. The minimum Gasteiger partial charge on any atom is -0.324 e. The van der Waals surface area contributed by atoms with E-state index in [9.17, 15) is 14.4 Å². The van der Waals surface area contributed by atoms with E-state index in [1.54, 1.807) is 25.1 Å². The predicted molar refractivity (Wildman–Crippen MR) is 117 cm³/mol. The van der Waals surface area contributed by atoms with Gasteiger partial charge in [0.1, 0.15) is 12.1 Å². The average Bonchev–Trinajstić information content (AvgIpc) is 2.94. The van der Waals surface area contributed by atoms with Crippen LogP contribution in [-0.4, -0.2) is 29.3 Å². The number of hydrogen-bond acceptors (Lipinski definition) is 3. The normalized spacial score (nSPS) is 18.6. The van der Waals surface area contributed by atoms with Crippen molar-refractivity contribution in [1.29, 1.82) is 0 Å². The lowest BCUT2D eigenvalue weighted by molar-refractivity contribution is -0.133. The van der Waals surface area contributed by atoms with Gasteiger partial charge in [0, 0.05) is 5.69 Å². The molecule has 0 aromatic heterocycles. The zero-order valence-electron chi connectivity index (χ0n) is 15.9. The van der Waals surface area contributed by atoms with Crippen molar-refractivity contribution in [3.05, 3.63) is 76.3 Å². The Bertz CT molecular complexity index is 1200.